The van der Waals surface area contributed by atoms with Crippen molar-refractivity contribution in [3.05, 3.63) is 77.6 Å². The monoisotopic (exact) mass is 405 g/mol. The molecule has 2 aromatic heterocycles. The maximum absolute atomic E-state index is 12.5. The topological polar surface area (TPSA) is 74.3 Å². The van der Waals surface area contributed by atoms with E-state index in [1.165, 1.54) is 0 Å². The zero-order valence-corrected chi connectivity index (χ0v) is 17.3. The second kappa shape index (κ2) is 9.54. The molecule has 0 saturated carbocycles. The second-order valence-corrected chi connectivity index (χ2v) is 7.67. The van der Waals surface area contributed by atoms with Crippen molar-refractivity contribution in [1.82, 2.24) is 24.8 Å². The number of hydrogen-bond acceptors (Lipinski definition) is 5. The number of benzene rings is 1. The first-order chi connectivity index (χ1) is 14.7. The summed E-state index contributed by atoms with van der Waals surface area (Å²) in [6.45, 7) is 6.05. The summed E-state index contributed by atoms with van der Waals surface area (Å²) in [6, 6.07) is 11.8. The predicted octanol–water partition coefficient (Wildman–Crippen LogP) is 3.06. The van der Waals surface area contributed by atoms with Crippen molar-refractivity contribution in [2.75, 3.05) is 32.7 Å². The number of hydrogen-bond donors (Lipinski definition) is 1. The van der Waals surface area contributed by atoms with E-state index in [4.69, 9.17) is 4.74 Å². The molecule has 0 unspecified atom stereocenters. The van der Waals surface area contributed by atoms with Gasteiger partial charge < -0.3 is 14.6 Å². The zero-order chi connectivity index (χ0) is 20.8. The fraction of sp³-hybridized carbons (Fsp3) is 0.348. The van der Waals surface area contributed by atoms with Gasteiger partial charge in [0.1, 0.15) is 5.75 Å². The summed E-state index contributed by atoms with van der Waals surface area (Å²) >= 11 is 0. The quantitative estimate of drug-likeness (QED) is 0.682. The van der Waals surface area contributed by atoms with Crippen molar-refractivity contribution in [3.8, 4) is 5.75 Å². The zero-order valence-electron chi connectivity index (χ0n) is 17.3. The molecule has 3 heterocycles. The van der Waals surface area contributed by atoms with Crippen LogP contribution < -0.4 is 4.74 Å². The summed E-state index contributed by atoms with van der Waals surface area (Å²) in [6.07, 6.45) is 6.86. The van der Waals surface area contributed by atoms with Gasteiger partial charge in [-0.3, -0.25) is 9.88 Å². The Kier molecular flexibility index (Phi) is 6.39. The molecule has 156 valence electrons. The summed E-state index contributed by atoms with van der Waals surface area (Å²) in [5.74, 6) is 0.572. The minimum atomic E-state index is -0.281. The maximum Gasteiger partial charge on any atom is 0.415 e. The Balaban J connectivity index is 1.22. The van der Waals surface area contributed by atoms with Crippen LogP contribution in [-0.4, -0.2) is 63.6 Å². The number of nitrogens with zero attached hydrogens (tertiary/aromatic N) is 4. The number of carbonyl (C=O) groups excluding carboxylic acids is 1. The molecule has 7 nitrogen and oxygen atoms in total. The average molecular weight is 406 g/mol. The first kappa shape index (κ1) is 20.1. The number of piperazine rings is 1. The summed E-state index contributed by atoms with van der Waals surface area (Å²) in [4.78, 5) is 28.2. The Labute approximate surface area is 176 Å². The van der Waals surface area contributed by atoms with Crippen LogP contribution in [0, 0.1) is 6.92 Å². The summed E-state index contributed by atoms with van der Waals surface area (Å²) in [7, 11) is 0. The molecule has 30 heavy (non-hydrogen) atoms. The van der Waals surface area contributed by atoms with E-state index in [0.717, 1.165) is 55.0 Å². The summed E-state index contributed by atoms with van der Waals surface area (Å²) in [5.41, 5.74) is 4.45. The van der Waals surface area contributed by atoms with Crippen LogP contribution in [0.4, 0.5) is 4.79 Å². The number of ether oxygens (including phenoxy) is 1. The van der Waals surface area contributed by atoms with Crippen LogP contribution in [0.5, 0.6) is 5.75 Å². The fourth-order valence-electron chi connectivity index (χ4n) is 3.51. The first-order valence-corrected chi connectivity index (χ1v) is 10.3. The van der Waals surface area contributed by atoms with Crippen LogP contribution in [0.2, 0.25) is 0 Å². The molecule has 0 radical (unpaired) electrons. The van der Waals surface area contributed by atoms with Crippen molar-refractivity contribution in [1.29, 1.82) is 0 Å². The summed E-state index contributed by atoms with van der Waals surface area (Å²) < 4.78 is 5.57. The van der Waals surface area contributed by atoms with E-state index in [-0.39, 0.29) is 6.09 Å². The Bertz CT molecular complexity index is 931. The molecule has 1 N–H and O–H groups in total. The SMILES string of the molecule is Cc1ccc(Cc2ccc(OC(=O)N3CCN(CCc4cnc[nH]4)CC3)cc2)nc1. The molecule has 7 heteroatoms. The van der Waals surface area contributed by atoms with E-state index >= 15 is 0 Å². The third kappa shape index (κ3) is 5.45. The highest BCUT2D eigenvalue weighted by molar-refractivity contribution is 5.70. The van der Waals surface area contributed by atoms with Crippen LogP contribution in [0.15, 0.2) is 55.1 Å². The number of pyridine rings is 1. The maximum atomic E-state index is 12.5. The number of carbonyl (C=O) groups is 1. The van der Waals surface area contributed by atoms with Crippen LogP contribution in [-0.2, 0) is 12.8 Å². The van der Waals surface area contributed by atoms with E-state index in [1.54, 1.807) is 11.2 Å². The van der Waals surface area contributed by atoms with Crippen molar-refractivity contribution in [2.24, 2.45) is 0 Å². The third-order valence-corrected chi connectivity index (χ3v) is 5.37. The van der Waals surface area contributed by atoms with Crippen LogP contribution in [0.1, 0.15) is 22.5 Å². The normalized spacial score (nSPS) is 14.6. The molecular weight excluding hydrogens is 378 g/mol. The van der Waals surface area contributed by atoms with Crippen LogP contribution >= 0.6 is 0 Å². The highest BCUT2D eigenvalue weighted by Gasteiger charge is 2.22. The van der Waals surface area contributed by atoms with Crippen LogP contribution in [0.25, 0.3) is 0 Å². The van der Waals surface area contributed by atoms with Gasteiger partial charge in [-0.1, -0.05) is 18.2 Å². The van der Waals surface area contributed by atoms with Gasteiger partial charge in [-0.25, -0.2) is 9.78 Å². The highest BCUT2D eigenvalue weighted by atomic mass is 16.6. The fourth-order valence-corrected chi connectivity index (χ4v) is 3.51. The van der Waals surface area contributed by atoms with Crippen molar-refractivity contribution >= 4 is 6.09 Å². The molecule has 3 aromatic rings. The van der Waals surface area contributed by atoms with Crippen molar-refractivity contribution < 1.29 is 9.53 Å². The van der Waals surface area contributed by atoms with Gasteiger partial charge in [0.05, 0.1) is 6.33 Å². The van der Waals surface area contributed by atoms with E-state index in [9.17, 15) is 4.79 Å². The van der Waals surface area contributed by atoms with Gasteiger partial charge in [-0.15, -0.1) is 0 Å². The Morgan fingerprint density at radius 2 is 1.87 bits per heavy atom. The van der Waals surface area contributed by atoms with Crippen LogP contribution in [0.3, 0.4) is 0 Å². The molecule has 0 bridgehead atoms. The molecule has 0 aliphatic carbocycles. The molecule has 1 fully saturated rings. The largest absolute Gasteiger partial charge is 0.415 e. The number of H-pyrrole nitrogens is 1. The average Bonchev–Trinajstić information content (AvgIpc) is 3.29. The number of rotatable bonds is 6. The van der Waals surface area contributed by atoms with Crippen molar-refractivity contribution in [3.63, 3.8) is 0 Å². The smallest absolute Gasteiger partial charge is 0.410 e. The van der Waals surface area contributed by atoms with Gasteiger partial charge >= 0.3 is 6.09 Å². The molecule has 4 rings (SSSR count). The second-order valence-electron chi connectivity index (χ2n) is 7.67. The van der Waals surface area contributed by atoms with E-state index in [0.29, 0.717) is 18.8 Å². The number of imidazole rings is 1. The Morgan fingerprint density at radius 1 is 1.07 bits per heavy atom. The molecule has 0 atom stereocenters. The molecule has 1 amide bonds. The first-order valence-electron chi connectivity index (χ1n) is 10.3. The van der Waals surface area contributed by atoms with E-state index in [2.05, 4.69) is 25.9 Å². The minimum absolute atomic E-state index is 0.281. The Hall–Kier alpha value is -3.19. The standard InChI is InChI=1S/C23H27N5O2/c1-18-2-5-20(25-15-18)14-19-3-6-22(7-4-19)30-23(29)28-12-10-27(11-13-28)9-8-21-16-24-17-26-21/h2-7,15-17H,8-14H2,1H3,(H,24,26). The van der Waals surface area contributed by atoms with E-state index in [1.807, 2.05) is 49.6 Å². The van der Waals surface area contributed by atoms with Gasteiger partial charge in [0, 0.05) is 69.3 Å². The van der Waals surface area contributed by atoms with Gasteiger partial charge in [-0.2, -0.15) is 0 Å². The Morgan fingerprint density at radius 3 is 2.53 bits per heavy atom. The highest BCUT2D eigenvalue weighted by Crippen LogP contribution is 2.16. The lowest BCUT2D eigenvalue weighted by Crippen LogP contribution is -2.49. The number of aryl methyl sites for hydroxylation is 1. The molecule has 1 aliphatic rings. The number of aromatic amines is 1. The molecule has 1 aromatic carbocycles. The lowest BCUT2D eigenvalue weighted by Gasteiger charge is -2.33. The van der Waals surface area contributed by atoms with E-state index < -0.39 is 0 Å². The minimum Gasteiger partial charge on any atom is -0.410 e. The van der Waals surface area contributed by atoms with Gasteiger partial charge in [0.15, 0.2) is 0 Å². The number of nitrogens with one attached hydrogen (secondary N) is 1. The van der Waals surface area contributed by atoms with Gasteiger partial charge in [0.2, 0.25) is 0 Å². The lowest BCUT2D eigenvalue weighted by atomic mass is 10.1. The number of aromatic nitrogens is 3. The molecule has 0 spiro atoms. The van der Waals surface area contributed by atoms with Gasteiger partial charge in [0.25, 0.3) is 0 Å². The number of amides is 1. The molecule has 1 saturated heterocycles. The summed E-state index contributed by atoms with van der Waals surface area (Å²) in [5, 5.41) is 0. The molecule has 1 aliphatic heterocycles. The van der Waals surface area contributed by atoms with Crippen molar-refractivity contribution in [2.45, 2.75) is 19.8 Å². The molecular formula is C23H27N5O2. The third-order valence-electron chi connectivity index (χ3n) is 5.37. The predicted molar refractivity (Wildman–Crippen MR) is 115 cm³/mol. The lowest BCUT2D eigenvalue weighted by molar-refractivity contribution is 0.111. The van der Waals surface area contributed by atoms with Gasteiger partial charge in [-0.05, 0) is 36.2 Å².